The Hall–Kier alpha value is -3.19. The fourth-order valence-electron chi connectivity index (χ4n) is 10.8. The van der Waals surface area contributed by atoms with E-state index >= 15 is 0 Å². The van der Waals surface area contributed by atoms with E-state index in [0.29, 0.717) is 78.9 Å². The molecule has 0 bridgehead atoms. The Balaban J connectivity index is 0.969. The van der Waals surface area contributed by atoms with Gasteiger partial charge in [-0.25, -0.2) is 9.59 Å². The number of likely N-dealkylation sites (tertiary alicyclic amines) is 1. The maximum atomic E-state index is 13.7. The summed E-state index contributed by atoms with van der Waals surface area (Å²) < 4.78 is 10.6. The van der Waals surface area contributed by atoms with Crippen molar-refractivity contribution in [3.8, 4) is 11.1 Å². The van der Waals surface area contributed by atoms with Crippen molar-refractivity contribution < 1.29 is 29.0 Å². The van der Waals surface area contributed by atoms with E-state index in [1.165, 1.54) is 12.7 Å². The largest absolute Gasteiger partial charge is 0.465 e. The van der Waals surface area contributed by atoms with Gasteiger partial charge in [0.25, 0.3) is 0 Å². The van der Waals surface area contributed by atoms with Crippen LogP contribution in [0, 0.1) is 46.3 Å². The van der Waals surface area contributed by atoms with Crippen LogP contribution in [0.2, 0.25) is 0 Å². The molecular weight excluding hydrogens is 530 g/mol. The summed E-state index contributed by atoms with van der Waals surface area (Å²) in [5.41, 5.74) is 4.03. The molecule has 7 aliphatic rings. The number of rotatable bonds is 7. The fraction of sp³-hybridized carbons (Fsp3) is 0.571. The number of aliphatic hydroxyl groups is 1. The summed E-state index contributed by atoms with van der Waals surface area (Å²) in [6, 6.07) is 14.2. The van der Waals surface area contributed by atoms with Gasteiger partial charge < -0.3 is 19.5 Å². The Labute approximate surface area is 246 Å². The first-order chi connectivity index (χ1) is 20.1. The maximum Gasteiger partial charge on any atom is 0.410 e. The van der Waals surface area contributed by atoms with E-state index in [4.69, 9.17) is 9.47 Å². The van der Waals surface area contributed by atoms with Crippen LogP contribution in [0.5, 0.6) is 0 Å². The molecule has 220 valence electrons. The highest BCUT2D eigenvalue weighted by molar-refractivity contribution is 5.96. The SMILES string of the molecule is COC(=O)c1cc(CC(=O)C23C4C5C2C2C3C4C52CO)cc(-c2ccc(C3CCN(C(=O)OC(C)(C)C)CC3)cc2)c1. The zero-order chi connectivity index (χ0) is 29.3. The Morgan fingerprint density at radius 2 is 1.52 bits per heavy atom. The highest BCUT2D eigenvalue weighted by Crippen LogP contribution is 3.10. The van der Waals surface area contributed by atoms with Gasteiger partial charge in [0.2, 0.25) is 0 Å². The molecule has 7 fully saturated rings. The van der Waals surface area contributed by atoms with Gasteiger partial charge >= 0.3 is 12.1 Å². The fourth-order valence-corrected chi connectivity index (χ4v) is 10.8. The van der Waals surface area contributed by atoms with Gasteiger partial charge in [-0.05, 0) is 109 Å². The number of benzene rings is 2. The summed E-state index contributed by atoms with van der Waals surface area (Å²) in [6.07, 6.45) is 1.86. The molecule has 1 aliphatic heterocycles. The van der Waals surface area contributed by atoms with Crippen LogP contribution in [0.25, 0.3) is 11.1 Å². The molecule has 0 aromatic heterocycles. The van der Waals surface area contributed by atoms with E-state index in [2.05, 4.69) is 30.3 Å². The number of Topliss-reactive ketones (excluding diaryl/α,β-unsaturated/α-hetero) is 1. The maximum absolute atomic E-state index is 13.7. The Morgan fingerprint density at radius 1 is 0.905 bits per heavy atom. The quantitative estimate of drug-likeness (QED) is 0.467. The second kappa shape index (κ2) is 8.46. The molecular formula is C35H39NO6. The van der Waals surface area contributed by atoms with Gasteiger partial charge in [-0.1, -0.05) is 30.3 Å². The van der Waals surface area contributed by atoms with E-state index in [-0.39, 0.29) is 16.9 Å². The molecule has 9 rings (SSSR count). The lowest BCUT2D eigenvalue weighted by Gasteiger charge is -3.11. The number of nitrogens with zero attached hydrogens (tertiary/aromatic N) is 1. The Bertz CT molecular complexity index is 1460. The van der Waals surface area contributed by atoms with E-state index in [9.17, 15) is 19.5 Å². The highest BCUT2D eigenvalue weighted by atomic mass is 16.6. The number of esters is 1. The molecule has 1 amide bonds. The van der Waals surface area contributed by atoms with Crippen molar-refractivity contribution in [2.45, 2.75) is 51.6 Å². The van der Waals surface area contributed by atoms with E-state index in [1.807, 2.05) is 32.9 Å². The molecule has 0 spiro atoms. The van der Waals surface area contributed by atoms with Gasteiger partial charge in [0.05, 0.1) is 12.7 Å². The number of ether oxygens (including phenoxy) is 2. The van der Waals surface area contributed by atoms with Gasteiger partial charge in [-0.3, -0.25) is 4.79 Å². The average molecular weight is 570 g/mol. The number of methoxy groups -OCH3 is 1. The number of amides is 1. The van der Waals surface area contributed by atoms with Crippen molar-refractivity contribution in [1.29, 1.82) is 0 Å². The molecule has 1 saturated heterocycles. The Kier molecular flexibility index (Phi) is 5.33. The molecule has 0 radical (unpaired) electrons. The van der Waals surface area contributed by atoms with E-state index in [0.717, 1.165) is 29.5 Å². The number of hydrogen-bond acceptors (Lipinski definition) is 6. The summed E-state index contributed by atoms with van der Waals surface area (Å²) in [7, 11) is 1.38. The lowest BCUT2D eigenvalue weighted by atomic mass is 8.92. The molecule has 0 atom stereocenters. The third-order valence-electron chi connectivity index (χ3n) is 12.2. The zero-order valence-corrected chi connectivity index (χ0v) is 24.8. The van der Waals surface area contributed by atoms with Crippen molar-refractivity contribution in [3.05, 3.63) is 59.2 Å². The second-order valence-corrected chi connectivity index (χ2v) is 14.7. The number of piperidine rings is 1. The predicted molar refractivity (Wildman–Crippen MR) is 155 cm³/mol. The molecule has 1 heterocycles. The first-order valence-electron chi connectivity index (χ1n) is 15.5. The third kappa shape index (κ3) is 3.03. The minimum absolute atomic E-state index is 0.126. The van der Waals surface area contributed by atoms with Crippen molar-refractivity contribution in [1.82, 2.24) is 4.90 Å². The molecule has 2 aromatic rings. The smallest absolute Gasteiger partial charge is 0.410 e. The first kappa shape index (κ1) is 26.4. The number of hydrogen-bond donors (Lipinski definition) is 1. The minimum atomic E-state index is -0.496. The van der Waals surface area contributed by atoms with E-state index in [1.54, 1.807) is 4.90 Å². The predicted octanol–water partition coefficient (Wildman–Crippen LogP) is 5.10. The molecule has 2 aromatic carbocycles. The molecule has 7 heteroatoms. The van der Waals surface area contributed by atoms with Crippen LogP contribution in [-0.4, -0.2) is 60.3 Å². The average Bonchev–Trinajstić information content (AvgIpc) is 2.99. The van der Waals surface area contributed by atoms with Gasteiger partial charge in [0.1, 0.15) is 11.4 Å². The van der Waals surface area contributed by atoms with Gasteiger partial charge in [-0.2, -0.15) is 0 Å². The van der Waals surface area contributed by atoms with E-state index < -0.39 is 11.6 Å². The van der Waals surface area contributed by atoms with Crippen molar-refractivity contribution in [2.75, 3.05) is 26.8 Å². The number of ketones is 1. The number of carbonyl (C=O) groups is 3. The topological polar surface area (TPSA) is 93.1 Å². The molecule has 7 nitrogen and oxygen atoms in total. The lowest BCUT2D eigenvalue weighted by molar-refractivity contribution is -0.643. The van der Waals surface area contributed by atoms with Crippen molar-refractivity contribution >= 4 is 17.8 Å². The Morgan fingerprint density at radius 3 is 2.07 bits per heavy atom. The molecule has 6 saturated carbocycles. The molecule has 1 N–H and O–H groups in total. The van der Waals surface area contributed by atoms with Crippen LogP contribution in [0.3, 0.4) is 0 Å². The molecule has 42 heavy (non-hydrogen) atoms. The standard InChI is InChI=1S/C35H39NO6/c1-33(2,3)42-32(40)36-11-9-21(10-12-36)19-5-7-20(8-6-19)22-13-18(14-23(16-22)31(39)41-4)15-24(38)35-28-25-29(35)27-30(35)26(28)34(25,27)17-37/h5-8,13-14,16,21,25-30,37H,9-12,15,17H2,1-4H3. The molecule has 0 unspecified atom stereocenters. The minimum Gasteiger partial charge on any atom is -0.465 e. The van der Waals surface area contributed by atoms with Crippen molar-refractivity contribution in [2.24, 2.45) is 46.3 Å². The summed E-state index contributed by atoms with van der Waals surface area (Å²) in [5.74, 6) is 3.58. The van der Waals surface area contributed by atoms with Gasteiger partial charge in [0, 0.05) is 36.9 Å². The normalized spacial score (nSPS) is 36.4. The summed E-state index contributed by atoms with van der Waals surface area (Å²) in [4.78, 5) is 40.6. The highest BCUT2D eigenvalue weighted by Gasteiger charge is 3.10. The molecule has 6 aliphatic carbocycles. The summed E-state index contributed by atoms with van der Waals surface area (Å²) in [6.45, 7) is 7.31. The van der Waals surface area contributed by atoms with Gasteiger partial charge in [-0.15, -0.1) is 0 Å². The van der Waals surface area contributed by atoms with Crippen LogP contribution in [-0.2, 0) is 20.7 Å². The van der Waals surface area contributed by atoms with Crippen LogP contribution < -0.4 is 0 Å². The monoisotopic (exact) mass is 569 g/mol. The van der Waals surface area contributed by atoms with Crippen LogP contribution in [0.1, 0.15) is 61.0 Å². The second-order valence-electron chi connectivity index (χ2n) is 14.7. The van der Waals surface area contributed by atoms with Crippen LogP contribution in [0.15, 0.2) is 42.5 Å². The van der Waals surface area contributed by atoms with Gasteiger partial charge in [0.15, 0.2) is 0 Å². The lowest BCUT2D eigenvalue weighted by Crippen LogP contribution is -3.11. The number of carbonyl (C=O) groups excluding carboxylic acids is 3. The van der Waals surface area contributed by atoms with Crippen LogP contribution >= 0.6 is 0 Å². The van der Waals surface area contributed by atoms with Crippen molar-refractivity contribution in [3.63, 3.8) is 0 Å². The van der Waals surface area contributed by atoms with Crippen LogP contribution in [0.4, 0.5) is 4.79 Å². The zero-order valence-electron chi connectivity index (χ0n) is 24.8. The summed E-state index contributed by atoms with van der Waals surface area (Å²) >= 11 is 0. The number of aliphatic hydroxyl groups excluding tert-OH is 1. The first-order valence-corrected chi connectivity index (χ1v) is 15.5. The third-order valence-corrected chi connectivity index (χ3v) is 12.2. The summed E-state index contributed by atoms with van der Waals surface area (Å²) in [5, 5.41) is 9.93.